The van der Waals surface area contributed by atoms with Crippen LogP contribution in [0, 0.1) is 18.3 Å². The maximum Gasteiger partial charge on any atom is 0.320 e. The summed E-state index contributed by atoms with van der Waals surface area (Å²) < 4.78 is 5.69. The summed E-state index contributed by atoms with van der Waals surface area (Å²) in [6.07, 6.45) is 0.565. The van der Waals surface area contributed by atoms with Crippen molar-refractivity contribution in [1.29, 1.82) is 5.26 Å². The Kier molecular flexibility index (Phi) is 5.35. The van der Waals surface area contributed by atoms with E-state index in [4.69, 9.17) is 4.74 Å². The summed E-state index contributed by atoms with van der Waals surface area (Å²) in [7, 11) is 0. The maximum absolute atomic E-state index is 11.2. The molecule has 2 unspecified atom stereocenters. The predicted octanol–water partition coefficient (Wildman–Crippen LogP) is 3.54. The van der Waals surface area contributed by atoms with Gasteiger partial charge in [-0.1, -0.05) is 12.1 Å². The fourth-order valence-corrected chi connectivity index (χ4v) is 3.93. The molecule has 3 N–H and O–H groups in total. The number of benzene rings is 2. The molecule has 1 aliphatic heterocycles. The lowest BCUT2D eigenvalue weighted by molar-refractivity contribution is -0.139. The molecule has 0 amide bonds. The Morgan fingerprint density at radius 1 is 1.31 bits per heavy atom. The van der Waals surface area contributed by atoms with Crippen molar-refractivity contribution in [3.63, 3.8) is 0 Å². The Bertz CT molecular complexity index is 878. The quantitative estimate of drug-likeness (QED) is 0.756. The highest BCUT2D eigenvalue weighted by Gasteiger charge is 2.27. The number of hydrogen-bond donors (Lipinski definition) is 3. The number of aromatic hydroxyl groups is 1. The molecule has 1 saturated heterocycles. The summed E-state index contributed by atoms with van der Waals surface area (Å²) in [5.74, 6) is 0.478. The molecule has 1 fully saturated rings. The molecule has 0 spiro atoms. The summed E-state index contributed by atoms with van der Waals surface area (Å²) >= 11 is 1.61. The molecule has 26 heavy (non-hydrogen) atoms. The zero-order chi connectivity index (χ0) is 18.7. The third kappa shape index (κ3) is 3.93. The van der Waals surface area contributed by atoms with Gasteiger partial charge in [-0.15, -0.1) is 11.8 Å². The average Bonchev–Trinajstić information content (AvgIpc) is 2.64. The van der Waals surface area contributed by atoms with Crippen LogP contribution in [0.5, 0.6) is 17.2 Å². The number of rotatable bonds is 4. The second kappa shape index (κ2) is 7.68. The Morgan fingerprint density at radius 3 is 2.77 bits per heavy atom. The van der Waals surface area contributed by atoms with Gasteiger partial charge in [0, 0.05) is 0 Å². The minimum Gasteiger partial charge on any atom is -0.504 e. The Labute approximate surface area is 155 Å². The average molecular weight is 370 g/mol. The molecule has 134 valence electrons. The first-order valence-electron chi connectivity index (χ1n) is 8.10. The Balaban J connectivity index is 1.84. The van der Waals surface area contributed by atoms with Crippen LogP contribution in [0.25, 0.3) is 0 Å². The van der Waals surface area contributed by atoms with E-state index in [9.17, 15) is 20.3 Å². The highest BCUT2D eigenvalue weighted by Crippen LogP contribution is 2.36. The number of nitriles is 1. The molecule has 6 nitrogen and oxygen atoms in total. The van der Waals surface area contributed by atoms with Crippen molar-refractivity contribution in [2.75, 3.05) is 5.75 Å². The number of carboxylic acids is 1. The zero-order valence-corrected chi connectivity index (χ0v) is 14.9. The topological polar surface area (TPSA) is 103 Å². The number of aryl methyl sites for hydroxylation is 1. The summed E-state index contributed by atoms with van der Waals surface area (Å²) in [5, 5.41) is 31.5. The second-order valence-electron chi connectivity index (χ2n) is 6.04. The SMILES string of the molecule is Cc1ccc(Oc2ccc(C3NC(C(=O)O)CCS3)cc2C#N)c(O)c1. The van der Waals surface area contributed by atoms with Crippen LogP contribution in [0.15, 0.2) is 36.4 Å². The minimum absolute atomic E-state index is 0.00627. The van der Waals surface area contributed by atoms with E-state index in [2.05, 4.69) is 11.4 Å². The van der Waals surface area contributed by atoms with Gasteiger partial charge in [0.1, 0.15) is 17.9 Å². The number of aliphatic carboxylic acids is 1. The molecular weight excluding hydrogens is 352 g/mol. The van der Waals surface area contributed by atoms with E-state index in [0.717, 1.165) is 16.9 Å². The van der Waals surface area contributed by atoms with Crippen LogP contribution >= 0.6 is 11.8 Å². The highest BCUT2D eigenvalue weighted by atomic mass is 32.2. The highest BCUT2D eigenvalue weighted by molar-refractivity contribution is 7.99. The van der Waals surface area contributed by atoms with Crippen molar-refractivity contribution in [1.82, 2.24) is 5.32 Å². The van der Waals surface area contributed by atoms with Crippen molar-refractivity contribution in [3.8, 4) is 23.3 Å². The molecule has 7 heteroatoms. The van der Waals surface area contributed by atoms with E-state index in [1.54, 1.807) is 42.1 Å². The number of thioether (sulfide) groups is 1. The number of nitrogens with one attached hydrogen (secondary N) is 1. The molecule has 0 bridgehead atoms. The molecule has 0 aromatic heterocycles. The van der Waals surface area contributed by atoms with E-state index < -0.39 is 12.0 Å². The third-order valence-corrected chi connectivity index (χ3v) is 5.32. The monoisotopic (exact) mass is 370 g/mol. The molecular formula is C19H18N2O4S. The Hall–Kier alpha value is -2.69. The fraction of sp³-hybridized carbons (Fsp3) is 0.263. The first-order valence-corrected chi connectivity index (χ1v) is 9.15. The molecule has 1 aliphatic rings. The minimum atomic E-state index is -0.870. The molecule has 3 rings (SSSR count). The smallest absolute Gasteiger partial charge is 0.320 e. The van der Waals surface area contributed by atoms with Gasteiger partial charge >= 0.3 is 5.97 Å². The van der Waals surface area contributed by atoms with Gasteiger partial charge in [-0.25, -0.2) is 0 Å². The largest absolute Gasteiger partial charge is 0.504 e. The van der Waals surface area contributed by atoms with E-state index in [0.29, 0.717) is 17.7 Å². The van der Waals surface area contributed by atoms with Crippen molar-refractivity contribution in [2.24, 2.45) is 0 Å². The van der Waals surface area contributed by atoms with Gasteiger partial charge in [-0.2, -0.15) is 5.26 Å². The van der Waals surface area contributed by atoms with Crippen molar-refractivity contribution in [3.05, 3.63) is 53.1 Å². The molecule has 2 atom stereocenters. The van der Waals surface area contributed by atoms with E-state index in [1.807, 2.05) is 13.0 Å². The van der Waals surface area contributed by atoms with Gasteiger partial charge in [-0.3, -0.25) is 10.1 Å². The maximum atomic E-state index is 11.2. The number of carbonyl (C=O) groups is 1. The van der Waals surface area contributed by atoms with Crippen molar-refractivity contribution in [2.45, 2.75) is 24.8 Å². The van der Waals surface area contributed by atoms with Crippen LogP contribution in [-0.4, -0.2) is 28.0 Å². The molecule has 1 heterocycles. The van der Waals surface area contributed by atoms with Crippen LogP contribution in [-0.2, 0) is 4.79 Å². The van der Waals surface area contributed by atoms with Crippen LogP contribution in [0.1, 0.15) is 28.5 Å². The van der Waals surface area contributed by atoms with Gasteiger partial charge in [0.15, 0.2) is 11.5 Å². The molecule has 0 aliphatic carbocycles. The Morgan fingerprint density at radius 2 is 2.08 bits per heavy atom. The van der Waals surface area contributed by atoms with Gasteiger partial charge in [0.2, 0.25) is 0 Å². The van der Waals surface area contributed by atoms with Crippen LogP contribution in [0.4, 0.5) is 0 Å². The zero-order valence-electron chi connectivity index (χ0n) is 14.1. The number of hydrogen-bond acceptors (Lipinski definition) is 6. The third-order valence-electron chi connectivity index (χ3n) is 4.10. The number of phenolic OH excluding ortho intramolecular Hbond substituents is 1. The van der Waals surface area contributed by atoms with Crippen LogP contribution in [0.2, 0.25) is 0 Å². The summed E-state index contributed by atoms with van der Waals surface area (Å²) in [4.78, 5) is 11.2. The van der Waals surface area contributed by atoms with Gasteiger partial charge in [0.05, 0.1) is 10.9 Å². The second-order valence-corrected chi connectivity index (χ2v) is 7.25. The summed E-state index contributed by atoms with van der Waals surface area (Å²) in [5.41, 5.74) is 2.04. The van der Waals surface area contributed by atoms with E-state index >= 15 is 0 Å². The van der Waals surface area contributed by atoms with Crippen molar-refractivity contribution >= 4 is 17.7 Å². The number of phenols is 1. The van der Waals surface area contributed by atoms with Gasteiger partial charge in [0.25, 0.3) is 0 Å². The van der Waals surface area contributed by atoms with Crippen LogP contribution in [0.3, 0.4) is 0 Å². The first-order chi connectivity index (χ1) is 12.5. The lowest BCUT2D eigenvalue weighted by Gasteiger charge is -2.28. The van der Waals surface area contributed by atoms with Gasteiger partial charge < -0.3 is 14.9 Å². The molecule has 0 radical (unpaired) electrons. The predicted molar refractivity (Wildman–Crippen MR) is 98.5 cm³/mol. The lowest BCUT2D eigenvalue weighted by Crippen LogP contribution is -2.41. The molecule has 0 saturated carbocycles. The van der Waals surface area contributed by atoms with Crippen LogP contribution < -0.4 is 10.1 Å². The molecule has 2 aromatic carbocycles. The lowest BCUT2D eigenvalue weighted by atomic mass is 10.1. The normalized spacial score (nSPS) is 19.5. The standard InChI is InChI=1S/C19H18N2O4S/c1-11-2-4-17(15(22)8-11)25-16-5-3-12(9-13(16)10-20)18-21-14(19(23)24)6-7-26-18/h2-5,8-9,14,18,21-22H,6-7H2,1H3,(H,23,24). The number of carboxylic acid groups (broad SMARTS) is 1. The van der Waals surface area contributed by atoms with E-state index in [-0.39, 0.29) is 16.9 Å². The van der Waals surface area contributed by atoms with Crippen molar-refractivity contribution < 1.29 is 19.7 Å². The van der Waals surface area contributed by atoms with Gasteiger partial charge in [-0.05, 0) is 54.5 Å². The molecule has 2 aromatic rings. The first kappa shape index (κ1) is 18.1. The number of ether oxygens (including phenoxy) is 1. The fourth-order valence-electron chi connectivity index (χ4n) is 2.72. The summed E-state index contributed by atoms with van der Waals surface area (Å²) in [6.45, 7) is 1.86. The number of nitrogens with zero attached hydrogens (tertiary/aromatic N) is 1. The summed E-state index contributed by atoms with van der Waals surface area (Å²) in [6, 6.07) is 11.7. The van der Waals surface area contributed by atoms with E-state index in [1.165, 1.54) is 0 Å².